The average Bonchev–Trinajstić information content (AvgIpc) is 2.28. The van der Waals surface area contributed by atoms with Crippen LogP contribution in [-0.2, 0) is 0 Å². The minimum Gasteiger partial charge on any atom is -0.472 e. The van der Waals surface area contributed by atoms with Gasteiger partial charge in [0.15, 0.2) is 0 Å². The fourth-order valence-corrected chi connectivity index (χ4v) is 2.14. The quantitative estimate of drug-likeness (QED) is 0.715. The van der Waals surface area contributed by atoms with Crippen LogP contribution in [0, 0.1) is 6.92 Å². The molecular formula is C13H13OP. The minimum atomic E-state index is 0.378. The molecule has 2 heteroatoms. The number of para-hydroxylation sites is 1. The van der Waals surface area contributed by atoms with E-state index in [1.54, 1.807) is 0 Å². The van der Waals surface area contributed by atoms with E-state index < -0.39 is 0 Å². The second-order valence-corrected chi connectivity index (χ2v) is 4.37. The predicted molar refractivity (Wildman–Crippen MR) is 66.2 cm³/mol. The Hall–Kier alpha value is -1.33. The Labute approximate surface area is 92.0 Å². The first-order chi connectivity index (χ1) is 7.34. The minimum absolute atomic E-state index is 0.378. The highest BCUT2D eigenvalue weighted by atomic mass is 31.1. The van der Waals surface area contributed by atoms with Gasteiger partial charge in [0.05, 0.1) is 0 Å². The summed E-state index contributed by atoms with van der Waals surface area (Å²) < 4.78 is 5.67. The lowest BCUT2D eigenvalue weighted by molar-refractivity contribution is 0.638. The van der Waals surface area contributed by atoms with Crippen LogP contribution in [0.5, 0.6) is 5.75 Å². The Balaban J connectivity index is 1.99. The van der Waals surface area contributed by atoms with Gasteiger partial charge in [0.2, 0.25) is 0 Å². The van der Waals surface area contributed by atoms with Crippen LogP contribution in [-0.4, -0.2) is 0 Å². The molecule has 0 N–H and O–H groups in total. The maximum Gasteiger partial charge on any atom is 0.123 e. The molecule has 0 fully saturated rings. The molecule has 0 spiro atoms. The SMILES string of the molecule is Cc1cccc(POc2ccccc2)c1. The highest BCUT2D eigenvalue weighted by Gasteiger charge is 1.95. The maximum atomic E-state index is 5.67. The van der Waals surface area contributed by atoms with Crippen LogP contribution in [0.25, 0.3) is 0 Å². The summed E-state index contributed by atoms with van der Waals surface area (Å²) >= 11 is 0. The zero-order valence-corrected chi connectivity index (χ0v) is 9.60. The van der Waals surface area contributed by atoms with Crippen LogP contribution in [0.15, 0.2) is 54.6 Å². The standard InChI is InChI=1S/C13H13OP/c1-11-6-5-9-13(10-11)15-14-12-7-3-2-4-8-12/h2-10,15H,1H3. The monoisotopic (exact) mass is 216 g/mol. The van der Waals surface area contributed by atoms with E-state index in [0.29, 0.717) is 8.81 Å². The largest absolute Gasteiger partial charge is 0.472 e. The van der Waals surface area contributed by atoms with Crippen molar-refractivity contribution in [2.75, 3.05) is 0 Å². The van der Waals surface area contributed by atoms with Gasteiger partial charge in [-0.15, -0.1) is 0 Å². The normalized spacial score (nSPS) is 10.7. The molecule has 0 aliphatic rings. The van der Waals surface area contributed by atoms with Crippen LogP contribution in [0.4, 0.5) is 0 Å². The molecule has 0 saturated heterocycles. The third-order valence-electron chi connectivity index (χ3n) is 2.05. The first-order valence-electron chi connectivity index (χ1n) is 4.89. The van der Waals surface area contributed by atoms with E-state index in [4.69, 9.17) is 4.52 Å². The molecule has 1 unspecified atom stereocenters. The molecule has 1 atom stereocenters. The molecule has 2 rings (SSSR count). The van der Waals surface area contributed by atoms with Crippen LogP contribution in [0.2, 0.25) is 0 Å². The van der Waals surface area contributed by atoms with Gasteiger partial charge in [-0.05, 0) is 25.1 Å². The molecule has 76 valence electrons. The Morgan fingerprint density at radius 1 is 0.933 bits per heavy atom. The van der Waals surface area contributed by atoms with E-state index in [2.05, 4.69) is 31.2 Å². The third-order valence-corrected chi connectivity index (χ3v) is 2.93. The molecular weight excluding hydrogens is 203 g/mol. The van der Waals surface area contributed by atoms with Gasteiger partial charge in [0.1, 0.15) is 14.6 Å². The van der Waals surface area contributed by atoms with E-state index in [0.717, 1.165) is 5.75 Å². The lowest BCUT2D eigenvalue weighted by Crippen LogP contribution is -1.96. The van der Waals surface area contributed by atoms with Gasteiger partial charge in [-0.2, -0.15) is 0 Å². The Kier molecular flexibility index (Phi) is 3.37. The van der Waals surface area contributed by atoms with E-state index in [1.165, 1.54) is 10.9 Å². The summed E-state index contributed by atoms with van der Waals surface area (Å²) in [5.74, 6) is 0.928. The second kappa shape index (κ2) is 4.95. The average molecular weight is 216 g/mol. The number of aryl methyl sites for hydroxylation is 1. The number of benzene rings is 2. The zero-order valence-electron chi connectivity index (χ0n) is 8.60. The van der Waals surface area contributed by atoms with E-state index in [-0.39, 0.29) is 0 Å². The summed E-state index contributed by atoms with van der Waals surface area (Å²) in [6, 6.07) is 18.3. The molecule has 0 aliphatic carbocycles. The van der Waals surface area contributed by atoms with Crippen molar-refractivity contribution >= 4 is 14.1 Å². The predicted octanol–water partition coefficient (Wildman–Crippen LogP) is 3.29. The maximum absolute atomic E-state index is 5.67. The first-order valence-corrected chi connectivity index (χ1v) is 5.80. The van der Waals surface area contributed by atoms with Crippen LogP contribution in [0.3, 0.4) is 0 Å². The lowest BCUT2D eigenvalue weighted by atomic mass is 10.2. The van der Waals surface area contributed by atoms with E-state index in [9.17, 15) is 0 Å². The van der Waals surface area contributed by atoms with Gasteiger partial charge in [-0.3, -0.25) is 0 Å². The van der Waals surface area contributed by atoms with E-state index >= 15 is 0 Å². The van der Waals surface area contributed by atoms with Crippen LogP contribution >= 0.6 is 8.81 Å². The van der Waals surface area contributed by atoms with Gasteiger partial charge in [0.25, 0.3) is 0 Å². The van der Waals surface area contributed by atoms with Crippen molar-refractivity contribution < 1.29 is 4.52 Å². The van der Waals surface area contributed by atoms with Crippen LogP contribution in [0.1, 0.15) is 5.56 Å². The van der Waals surface area contributed by atoms with Crippen molar-refractivity contribution in [3.63, 3.8) is 0 Å². The molecule has 0 saturated carbocycles. The molecule has 2 aromatic rings. The van der Waals surface area contributed by atoms with E-state index in [1.807, 2.05) is 30.3 Å². The molecule has 1 nitrogen and oxygen atoms in total. The summed E-state index contributed by atoms with van der Waals surface area (Å²) in [6.07, 6.45) is 0. The molecule has 0 bridgehead atoms. The second-order valence-electron chi connectivity index (χ2n) is 3.39. The first kappa shape index (κ1) is 10.2. The third kappa shape index (κ3) is 3.07. The highest BCUT2D eigenvalue weighted by Crippen LogP contribution is 2.19. The zero-order chi connectivity index (χ0) is 10.5. The summed E-state index contributed by atoms with van der Waals surface area (Å²) in [5.41, 5.74) is 1.27. The van der Waals surface area contributed by atoms with Gasteiger partial charge in [0, 0.05) is 5.30 Å². The Morgan fingerprint density at radius 2 is 1.73 bits per heavy atom. The van der Waals surface area contributed by atoms with Crippen molar-refractivity contribution in [2.24, 2.45) is 0 Å². The van der Waals surface area contributed by atoms with Gasteiger partial charge in [-0.1, -0.05) is 42.0 Å². The highest BCUT2D eigenvalue weighted by molar-refractivity contribution is 7.42. The fourth-order valence-electron chi connectivity index (χ4n) is 1.31. The molecule has 0 aliphatic heterocycles. The van der Waals surface area contributed by atoms with Gasteiger partial charge in [-0.25, -0.2) is 0 Å². The number of hydrogen-bond acceptors (Lipinski definition) is 1. The van der Waals surface area contributed by atoms with Crippen molar-refractivity contribution in [3.05, 3.63) is 60.2 Å². The van der Waals surface area contributed by atoms with Crippen molar-refractivity contribution in [3.8, 4) is 5.75 Å². The Bertz CT molecular complexity index is 426. The number of hydrogen-bond donors (Lipinski definition) is 0. The lowest BCUT2D eigenvalue weighted by Gasteiger charge is -2.05. The van der Waals surface area contributed by atoms with Gasteiger partial charge >= 0.3 is 0 Å². The topological polar surface area (TPSA) is 9.23 Å². The number of rotatable bonds is 3. The molecule has 0 aromatic heterocycles. The summed E-state index contributed by atoms with van der Waals surface area (Å²) in [7, 11) is 0.378. The van der Waals surface area contributed by atoms with Crippen LogP contribution < -0.4 is 9.83 Å². The molecule has 0 heterocycles. The summed E-state index contributed by atoms with van der Waals surface area (Å²) in [6.45, 7) is 2.09. The molecule has 0 amide bonds. The van der Waals surface area contributed by atoms with Gasteiger partial charge < -0.3 is 4.52 Å². The smallest absolute Gasteiger partial charge is 0.123 e. The molecule has 15 heavy (non-hydrogen) atoms. The van der Waals surface area contributed by atoms with Crippen molar-refractivity contribution in [1.29, 1.82) is 0 Å². The van der Waals surface area contributed by atoms with Crippen molar-refractivity contribution in [1.82, 2.24) is 0 Å². The summed E-state index contributed by atoms with van der Waals surface area (Å²) in [4.78, 5) is 0. The fraction of sp³-hybridized carbons (Fsp3) is 0.0769. The molecule has 2 aromatic carbocycles. The summed E-state index contributed by atoms with van der Waals surface area (Å²) in [5, 5.41) is 1.24. The molecule has 0 radical (unpaired) electrons. The Morgan fingerprint density at radius 3 is 2.47 bits per heavy atom. The van der Waals surface area contributed by atoms with Crippen molar-refractivity contribution in [2.45, 2.75) is 6.92 Å².